The number of rotatable bonds is 7. The molecule has 7 heteroatoms. The Morgan fingerprint density at radius 3 is 2.52 bits per heavy atom. The molecular weight excluding hydrogens is 405 g/mol. The van der Waals surface area contributed by atoms with Gasteiger partial charge in [-0.2, -0.15) is 13.2 Å². The minimum atomic E-state index is -4.40. The predicted octanol–water partition coefficient (Wildman–Crippen LogP) is 4.35. The van der Waals surface area contributed by atoms with Gasteiger partial charge in [-0.05, 0) is 36.6 Å². The Bertz CT molecular complexity index is 855. The smallest absolute Gasteiger partial charge is 0.416 e. The standard InChI is InChI=1S/C24H29F3N2O2/c1-28(2)23(30)20-13-19(15-29(16-20)12-11-18-7-4-3-5-8-18)17-31-22-10-6-9-21(14-22)24(25,26)27/h3-10,14,19-20H,11-13,15-17H2,1-2H3/t19-,20+/m0/s1. The number of hydrogen-bond acceptors (Lipinski definition) is 3. The average Bonchev–Trinajstić information content (AvgIpc) is 2.76. The van der Waals surface area contributed by atoms with Crippen molar-refractivity contribution in [2.75, 3.05) is 40.3 Å². The Kier molecular flexibility index (Phi) is 7.59. The number of amides is 1. The van der Waals surface area contributed by atoms with Gasteiger partial charge in [-0.1, -0.05) is 36.4 Å². The zero-order chi connectivity index (χ0) is 22.4. The van der Waals surface area contributed by atoms with Gasteiger partial charge in [0.05, 0.1) is 18.1 Å². The second-order valence-electron chi connectivity index (χ2n) is 8.36. The van der Waals surface area contributed by atoms with E-state index in [1.54, 1.807) is 19.0 Å². The molecule has 1 aliphatic rings. The van der Waals surface area contributed by atoms with Gasteiger partial charge in [-0.3, -0.25) is 4.79 Å². The molecule has 4 nitrogen and oxygen atoms in total. The summed E-state index contributed by atoms with van der Waals surface area (Å²) in [7, 11) is 3.50. The van der Waals surface area contributed by atoms with Crippen molar-refractivity contribution in [3.05, 3.63) is 65.7 Å². The number of carbonyl (C=O) groups excluding carboxylic acids is 1. The van der Waals surface area contributed by atoms with Crippen molar-refractivity contribution in [1.82, 2.24) is 9.80 Å². The number of nitrogens with zero attached hydrogens (tertiary/aromatic N) is 2. The summed E-state index contributed by atoms with van der Waals surface area (Å²) in [5.41, 5.74) is 0.513. The van der Waals surface area contributed by atoms with Crippen LogP contribution in [0.2, 0.25) is 0 Å². The highest BCUT2D eigenvalue weighted by atomic mass is 19.4. The molecule has 0 aliphatic carbocycles. The second kappa shape index (κ2) is 10.2. The van der Waals surface area contributed by atoms with Crippen LogP contribution in [0.15, 0.2) is 54.6 Å². The van der Waals surface area contributed by atoms with Crippen LogP contribution in [-0.4, -0.2) is 56.0 Å². The first-order chi connectivity index (χ1) is 14.7. The maximum atomic E-state index is 13.0. The Labute approximate surface area is 181 Å². The van der Waals surface area contributed by atoms with E-state index in [0.717, 1.165) is 31.6 Å². The number of benzene rings is 2. The topological polar surface area (TPSA) is 32.8 Å². The molecule has 1 heterocycles. The molecule has 2 atom stereocenters. The van der Waals surface area contributed by atoms with Gasteiger partial charge in [0.2, 0.25) is 5.91 Å². The Morgan fingerprint density at radius 2 is 1.84 bits per heavy atom. The molecule has 0 radical (unpaired) electrons. The molecular formula is C24H29F3N2O2. The molecule has 0 saturated carbocycles. The van der Waals surface area contributed by atoms with E-state index in [0.29, 0.717) is 13.0 Å². The third kappa shape index (κ3) is 6.72. The van der Waals surface area contributed by atoms with E-state index in [2.05, 4.69) is 17.0 Å². The van der Waals surface area contributed by atoms with Crippen molar-refractivity contribution < 1.29 is 22.7 Å². The van der Waals surface area contributed by atoms with Crippen molar-refractivity contribution >= 4 is 5.91 Å². The number of hydrogen-bond donors (Lipinski definition) is 0. The Morgan fingerprint density at radius 1 is 1.10 bits per heavy atom. The van der Waals surface area contributed by atoms with E-state index in [1.807, 2.05) is 18.2 Å². The average molecular weight is 435 g/mol. The molecule has 0 bridgehead atoms. The molecule has 3 rings (SSSR count). The van der Waals surface area contributed by atoms with Crippen LogP contribution in [0.5, 0.6) is 5.75 Å². The van der Waals surface area contributed by atoms with E-state index in [1.165, 1.54) is 17.7 Å². The fraction of sp³-hybridized carbons (Fsp3) is 0.458. The first-order valence-corrected chi connectivity index (χ1v) is 10.5. The highest BCUT2D eigenvalue weighted by molar-refractivity contribution is 5.78. The SMILES string of the molecule is CN(C)C(=O)[C@@H]1C[C@H](COc2cccc(C(F)(F)F)c2)CN(CCc2ccccc2)C1. The lowest BCUT2D eigenvalue weighted by molar-refractivity contribution is -0.138. The van der Waals surface area contributed by atoms with Crippen LogP contribution in [0, 0.1) is 11.8 Å². The first kappa shape index (κ1) is 23.1. The van der Waals surface area contributed by atoms with Crippen molar-refractivity contribution in [1.29, 1.82) is 0 Å². The van der Waals surface area contributed by atoms with Gasteiger partial charge in [0, 0.05) is 39.6 Å². The van der Waals surface area contributed by atoms with Gasteiger partial charge in [0.25, 0.3) is 0 Å². The highest BCUT2D eigenvalue weighted by Crippen LogP contribution is 2.32. The maximum Gasteiger partial charge on any atom is 0.416 e. The Hall–Kier alpha value is -2.54. The van der Waals surface area contributed by atoms with E-state index in [4.69, 9.17) is 4.74 Å². The lowest BCUT2D eigenvalue weighted by Gasteiger charge is -2.38. The summed E-state index contributed by atoms with van der Waals surface area (Å²) in [4.78, 5) is 16.5. The number of likely N-dealkylation sites (tertiary alicyclic amines) is 1. The minimum absolute atomic E-state index is 0.0629. The summed E-state index contributed by atoms with van der Waals surface area (Å²) in [6.45, 7) is 2.54. The number of carbonyl (C=O) groups is 1. The van der Waals surface area contributed by atoms with Crippen molar-refractivity contribution in [2.24, 2.45) is 11.8 Å². The summed E-state index contributed by atoms with van der Waals surface area (Å²) < 4.78 is 44.6. The maximum absolute atomic E-state index is 13.0. The van der Waals surface area contributed by atoms with E-state index < -0.39 is 11.7 Å². The van der Waals surface area contributed by atoms with Crippen LogP contribution in [0.1, 0.15) is 17.5 Å². The van der Waals surface area contributed by atoms with E-state index >= 15 is 0 Å². The summed E-state index contributed by atoms with van der Waals surface area (Å²) in [5, 5.41) is 0. The fourth-order valence-corrected chi connectivity index (χ4v) is 4.06. The molecule has 1 amide bonds. The van der Waals surface area contributed by atoms with Crippen molar-refractivity contribution in [3.8, 4) is 5.75 Å². The number of ether oxygens (including phenoxy) is 1. The van der Waals surface area contributed by atoms with Crippen LogP contribution in [0.3, 0.4) is 0 Å². The van der Waals surface area contributed by atoms with Gasteiger partial charge in [0.1, 0.15) is 5.75 Å². The summed E-state index contributed by atoms with van der Waals surface area (Å²) in [5.74, 6) is 0.197. The lowest BCUT2D eigenvalue weighted by Crippen LogP contribution is -2.48. The number of alkyl halides is 3. The van der Waals surface area contributed by atoms with Gasteiger partial charge >= 0.3 is 6.18 Å². The van der Waals surface area contributed by atoms with Crippen LogP contribution in [-0.2, 0) is 17.4 Å². The molecule has 168 valence electrons. The summed E-state index contributed by atoms with van der Waals surface area (Å²) >= 11 is 0. The highest BCUT2D eigenvalue weighted by Gasteiger charge is 2.33. The third-order valence-corrected chi connectivity index (χ3v) is 5.61. The number of halogens is 3. The second-order valence-corrected chi connectivity index (χ2v) is 8.36. The van der Waals surface area contributed by atoms with Crippen LogP contribution in [0.4, 0.5) is 13.2 Å². The largest absolute Gasteiger partial charge is 0.493 e. The predicted molar refractivity (Wildman–Crippen MR) is 114 cm³/mol. The Balaban J connectivity index is 1.64. The van der Waals surface area contributed by atoms with Gasteiger partial charge < -0.3 is 14.5 Å². The molecule has 2 aromatic carbocycles. The molecule has 31 heavy (non-hydrogen) atoms. The fourth-order valence-electron chi connectivity index (χ4n) is 4.06. The van der Waals surface area contributed by atoms with Crippen molar-refractivity contribution in [2.45, 2.75) is 19.0 Å². The van der Waals surface area contributed by atoms with Crippen LogP contribution >= 0.6 is 0 Å². The van der Waals surface area contributed by atoms with Gasteiger partial charge in [-0.15, -0.1) is 0 Å². The van der Waals surface area contributed by atoms with E-state index in [9.17, 15) is 18.0 Å². The molecule has 0 spiro atoms. The van der Waals surface area contributed by atoms with Crippen LogP contribution < -0.4 is 4.74 Å². The monoisotopic (exact) mass is 434 g/mol. The van der Waals surface area contributed by atoms with Crippen molar-refractivity contribution in [3.63, 3.8) is 0 Å². The molecule has 0 N–H and O–H groups in total. The van der Waals surface area contributed by atoms with Crippen LogP contribution in [0.25, 0.3) is 0 Å². The summed E-state index contributed by atoms with van der Waals surface area (Å²) in [6, 6.07) is 15.1. The quantitative estimate of drug-likeness (QED) is 0.650. The minimum Gasteiger partial charge on any atom is -0.493 e. The normalized spacial score (nSPS) is 19.8. The molecule has 1 saturated heterocycles. The van der Waals surface area contributed by atoms with Gasteiger partial charge in [0.15, 0.2) is 0 Å². The molecule has 1 fully saturated rings. The van der Waals surface area contributed by atoms with Gasteiger partial charge in [-0.25, -0.2) is 0 Å². The zero-order valence-corrected chi connectivity index (χ0v) is 17.9. The molecule has 0 aromatic heterocycles. The lowest BCUT2D eigenvalue weighted by atomic mass is 9.88. The molecule has 2 aromatic rings. The third-order valence-electron chi connectivity index (χ3n) is 5.61. The molecule has 1 aliphatic heterocycles. The number of piperidine rings is 1. The first-order valence-electron chi connectivity index (χ1n) is 10.5. The molecule has 0 unspecified atom stereocenters. The zero-order valence-electron chi connectivity index (χ0n) is 17.9. The van der Waals surface area contributed by atoms with E-state index in [-0.39, 0.29) is 30.1 Å². The summed E-state index contributed by atoms with van der Waals surface area (Å²) in [6.07, 6.45) is -2.86.